The molecule has 0 bridgehead atoms. The quantitative estimate of drug-likeness (QED) is 0.878. The Balaban J connectivity index is 1.53. The molecule has 2 aromatic heterocycles. The zero-order chi connectivity index (χ0) is 13.6. The van der Waals surface area contributed by atoms with Gasteiger partial charge in [0.15, 0.2) is 5.65 Å². The molecule has 0 aromatic carbocycles. The van der Waals surface area contributed by atoms with E-state index in [4.69, 9.17) is 0 Å². The van der Waals surface area contributed by atoms with Crippen LogP contribution in [0.25, 0.3) is 5.65 Å². The van der Waals surface area contributed by atoms with Crippen LogP contribution >= 0.6 is 0 Å². The molecule has 2 aromatic rings. The maximum Gasteiger partial charge on any atom is 0.243 e. The van der Waals surface area contributed by atoms with E-state index in [1.165, 1.54) is 25.7 Å². The normalized spacial score (nSPS) is 24.8. The molecule has 1 aliphatic carbocycles. The van der Waals surface area contributed by atoms with Gasteiger partial charge in [-0.1, -0.05) is 6.07 Å². The molecule has 1 atom stereocenters. The van der Waals surface area contributed by atoms with Gasteiger partial charge in [0.25, 0.3) is 0 Å². The molecule has 1 unspecified atom stereocenters. The summed E-state index contributed by atoms with van der Waals surface area (Å²) in [5.74, 6) is 0.765. The van der Waals surface area contributed by atoms with Gasteiger partial charge in [-0.25, -0.2) is 4.52 Å². The van der Waals surface area contributed by atoms with Gasteiger partial charge >= 0.3 is 0 Å². The van der Waals surface area contributed by atoms with Crippen LogP contribution in [0.1, 0.15) is 37.8 Å². The van der Waals surface area contributed by atoms with Crippen molar-refractivity contribution in [1.82, 2.24) is 19.9 Å². The van der Waals surface area contributed by atoms with E-state index in [-0.39, 0.29) is 0 Å². The lowest BCUT2D eigenvalue weighted by atomic mass is 9.70. The summed E-state index contributed by atoms with van der Waals surface area (Å²) in [6, 6.07) is 6.58. The lowest BCUT2D eigenvalue weighted by Crippen LogP contribution is -2.58. The number of piperidine rings is 1. The topological polar surface area (TPSA) is 54.2 Å². The van der Waals surface area contributed by atoms with Crippen LogP contribution in [0.15, 0.2) is 18.2 Å². The number of aryl methyl sites for hydroxylation is 1. The highest BCUT2D eigenvalue weighted by molar-refractivity contribution is 5.44. The van der Waals surface area contributed by atoms with Crippen LogP contribution in [-0.2, 0) is 0 Å². The van der Waals surface area contributed by atoms with Crippen LogP contribution in [0.2, 0.25) is 0 Å². The molecule has 1 saturated heterocycles. The average molecular weight is 271 g/mol. The van der Waals surface area contributed by atoms with E-state index in [1.807, 2.05) is 16.6 Å². The van der Waals surface area contributed by atoms with Crippen molar-refractivity contribution in [3.63, 3.8) is 0 Å². The van der Waals surface area contributed by atoms with E-state index < -0.39 is 0 Å². The Bertz CT molecular complexity index is 628. The first-order valence-electron chi connectivity index (χ1n) is 7.58. The van der Waals surface area contributed by atoms with E-state index in [0.29, 0.717) is 11.6 Å². The summed E-state index contributed by atoms with van der Waals surface area (Å²) < 4.78 is 1.91. The Kier molecular flexibility index (Phi) is 2.70. The van der Waals surface area contributed by atoms with Gasteiger partial charge < -0.3 is 10.6 Å². The minimum atomic E-state index is 0.408. The first kappa shape index (κ1) is 12.1. The molecule has 5 heteroatoms. The monoisotopic (exact) mass is 271 g/mol. The predicted octanol–water partition coefficient (Wildman–Crippen LogP) is 2.12. The molecule has 4 rings (SSSR count). The van der Waals surface area contributed by atoms with Crippen molar-refractivity contribution in [3.05, 3.63) is 23.9 Å². The number of pyridine rings is 1. The number of aromatic nitrogens is 3. The molecule has 2 N–H and O–H groups in total. The number of fused-ring (bicyclic) bond motifs is 1. The summed E-state index contributed by atoms with van der Waals surface area (Å²) in [5.41, 5.74) is 2.44. The Labute approximate surface area is 118 Å². The van der Waals surface area contributed by atoms with E-state index in [9.17, 15) is 0 Å². The first-order valence-corrected chi connectivity index (χ1v) is 7.58. The van der Waals surface area contributed by atoms with Gasteiger partial charge in [0, 0.05) is 17.3 Å². The van der Waals surface area contributed by atoms with Gasteiger partial charge in [-0.15, -0.1) is 5.10 Å². The van der Waals surface area contributed by atoms with Gasteiger partial charge in [0.1, 0.15) is 0 Å². The SMILES string of the molecule is Cc1cccc2nc(NC3CCNC4(CCC4)C3)nn12. The number of anilines is 1. The van der Waals surface area contributed by atoms with Crippen LogP contribution in [-0.4, -0.2) is 32.7 Å². The van der Waals surface area contributed by atoms with Crippen LogP contribution in [0.4, 0.5) is 5.95 Å². The molecule has 0 amide bonds. The van der Waals surface area contributed by atoms with Crippen LogP contribution in [0.5, 0.6) is 0 Å². The number of hydrogen-bond acceptors (Lipinski definition) is 4. The molecule has 5 nitrogen and oxygen atoms in total. The molecule has 1 aliphatic heterocycles. The fourth-order valence-corrected chi connectivity index (χ4v) is 3.54. The van der Waals surface area contributed by atoms with Crippen molar-refractivity contribution < 1.29 is 0 Å². The summed E-state index contributed by atoms with van der Waals surface area (Å²) in [5, 5.41) is 11.8. The number of nitrogens with one attached hydrogen (secondary N) is 2. The summed E-state index contributed by atoms with van der Waals surface area (Å²) >= 11 is 0. The van der Waals surface area contributed by atoms with Crippen molar-refractivity contribution in [2.45, 2.75) is 50.6 Å². The smallest absolute Gasteiger partial charge is 0.243 e. The Morgan fingerprint density at radius 2 is 2.30 bits per heavy atom. The highest BCUT2D eigenvalue weighted by Gasteiger charge is 2.41. The maximum absolute atomic E-state index is 4.58. The third kappa shape index (κ3) is 1.97. The molecule has 1 spiro atoms. The van der Waals surface area contributed by atoms with Crippen molar-refractivity contribution in [2.75, 3.05) is 11.9 Å². The third-order valence-electron chi connectivity index (χ3n) is 4.82. The molecule has 20 heavy (non-hydrogen) atoms. The van der Waals surface area contributed by atoms with Gasteiger partial charge in [0.2, 0.25) is 5.95 Å². The Morgan fingerprint density at radius 1 is 1.40 bits per heavy atom. The summed E-state index contributed by atoms with van der Waals surface area (Å²) in [6.45, 7) is 3.16. The molecule has 1 saturated carbocycles. The van der Waals surface area contributed by atoms with E-state index in [2.05, 4.69) is 33.7 Å². The summed E-state index contributed by atoms with van der Waals surface area (Å²) in [6.07, 6.45) is 6.36. The minimum absolute atomic E-state index is 0.408. The average Bonchev–Trinajstić information content (AvgIpc) is 2.81. The summed E-state index contributed by atoms with van der Waals surface area (Å²) in [7, 11) is 0. The van der Waals surface area contributed by atoms with Gasteiger partial charge in [-0.3, -0.25) is 0 Å². The standard InChI is InChI=1S/C15H21N5/c1-11-4-2-5-13-18-14(19-20(11)13)17-12-6-9-16-15(10-12)7-3-8-15/h2,4-5,12,16H,3,6-10H2,1H3,(H,17,19). The van der Waals surface area contributed by atoms with Crippen molar-refractivity contribution in [2.24, 2.45) is 0 Å². The molecular weight excluding hydrogens is 250 g/mol. The second kappa shape index (κ2) is 4.45. The largest absolute Gasteiger partial charge is 0.350 e. The lowest BCUT2D eigenvalue weighted by Gasteiger charge is -2.48. The molecule has 0 radical (unpaired) electrons. The van der Waals surface area contributed by atoms with Gasteiger partial charge in [-0.2, -0.15) is 4.98 Å². The third-order valence-corrected chi connectivity index (χ3v) is 4.82. The fourth-order valence-electron chi connectivity index (χ4n) is 3.54. The predicted molar refractivity (Wildman–Crippen MR) is 79.0 cm³/mol. The van der Waals surface area contributed by atoms with E-state index >= 15 is 0 Å². The number of hydrogen-bond donors (Lipinski definition) is 2. The highest BCUT2D eigenvalue weighted by atomic mass is 15.4. The van der Waals surface area contributed by atoms with Gasteiger partial charge in [0.05, 0.1) is 0 Å². The van der Waals surface area contributed by atoms with E-state index in [0.717, 1.165) is 30.3 Å². The Hall–Kier alpha value is -1.62. The van der Waals surface area contributed by atoms with Crippen molar-refractivity contribution in [3.8, 4) is 0 Å². The highest BCUT2D eigenvalue weighted by Crippen LogP contribution is 2.38. The first-order chi connectivity index (χ1) is 9.74. The minimum Gasteiger partial charge on any atom is -0.350 e. The summed E-state index contributed by atoms with van der Waals surface area (Å²) in [4.78, 5) is 4.58. The van der Waals surface area contributed by atoms with Crippen LogP contribution in [0, 0.1) is 6.92 Å². The number of rotatable bonds is 2. The zero-order valence-electron chi connectivity index (χ0n) is 11.9. The van der Waals surface area contributed by atoms with Gasteiger partial charge in [-0.05, 0) is 57.7 Å². The zero-order valence-corrected chi connectivity index (χ0v) is 11.9. The molecule has 2 aliphatic rings. The lowest BCUT2D eigenvalue weighted by molar-refractivity contribution is 0.135. The van der Waals surface area contributed by atoms with Crippen molar-refractivity contribution in [1.29, 1.82) is 0 Å². The number of nitrogens with zero attached hydrogens (tertiary/aromatic N) is 3. The second-order valence-electron chi connectivity index (χ2n) is 6.27. The molecule has 2 fully saturated rings. The Morgan fingerprint density at radius 3 is 3.05 bits per heavy atom. The van der Waals surface area contributed by atoms with Crippen LogP contribution in [0.3, 0.4) is 0 Å². The second-order valence-corrected chi connectivity index (χ2v) is 6.27. The van der Waals surface area contributed by atoms with E-state index in [1.54, 1.807) is 0 Å². The molecule has 106 valence electrons. The molecule has 3 heterocycles. The fraction of sp³-hybridized carbons (Fsp3) is 0.600. The van der Waals surface area contributed by atoms with Crippen LogP contribution < -0.4 is 10.6 Å². The molecular formula is C15H21N5. The van der Waals surface area contributed by atoms with Crippen molar-refractivity contribution >= 4 is 11.6 Å². The maximum atomic E-state index is 4.58.